The Kier molecular flexibility index (Phi) is 5.49. The standard InChI is InChI=1S/C13H19NO3/c1-3-11(9-15)14-13(16)10-5-7-12(8-6-10)17-4-2/h5-8,11,15H,3-4,9H2,1-2H3,(H,14,16)/t11-/m0/s1. The molecule has 4 heteroatoms. The minimum Gasteiger partial charge on any atom is -0.494 e. The molecule has 0 aliphatic rings. The Balaban J connectivity index is 2.63. The van der Waals surface area contributed by atoms with Gasteiger partial charge in [-0.1, -0.05) is 6.92 Å². The number of benzene rings is 1. The first-order valence-corrected chi connectivity index (χ1v) is 5.85. The highest BCUT2D eigenvalue weighted by Crippen LogP contribution is 2.12. The maximum absolute atomic E-state index is 11.8. The topological polar surface area (TPSA) is 58.6 Å². The molecule has 0 aliphatic carbocycles. The highest BCUT2D eigenvalue weighted by atomic mass is 16.5. The van der Waals surface area contributed by atoms with Gasteiger partial charge in [0.25, 0.3) is 5.91 Å². The number of amides is 1. The van der Waals surface area contributed by atoms with Crippen molar-refractivity contribution in [2.24, 2.45) is 0 Å². The van der Waals surface area contributed by atoms with Crippen molar-refractivity contribution < 1.29 is 14.6 Å². The summed E-state index contributed by atoms with van der Waals surface area (Å²) in [4.78, 5) is 11.8. The molecule has 1 atom stereocenters. The van der Waals surface area contributed by atoms with Gasteiger partial charge < -0.3 is 15.2 Å². The fraction of sp³-hybridized carbons (Fsp3) is 0.462. The molecular formula is C13H19NO3. The zero-order valence-corrected chi connectivity index (χ0v) is 10.3. The quantitative estimate of drug-likeness (QED) is 0.790. The monoisotopic (exact) mass is 237 g/mol. The van der Waals surface area contributed by atoms with Gasteiger partial charge in [0.1, 0.15) is 5.75 Å². The number of carbonyl (C=O) groups is 1. The summed E-state index contributed by atoms with van der Waals surface area (Å²) in [5, 5.41) is 11.8. The van der Waals surface area contributed by atoms with Crippen LogP contribution in [-0.2, 0) is 0 Å². The van der Waals surface area contributed by atoms with Gasteiger partial charge in [-0.25, -0.2) is 0 Å². The first-order chi connectivity index (χ1) is 8.21. The molecule has 0 saturated carbocycles. The summed E-state index contributed by atoms with van der Waals surface area (Å²) in [6.45, 7) is 4.39. The SMILES string of the molecule is CCOc1ccc(C(=O)N[C@@H](CC)CO)cc1. The van der Waals surface area contributed by atoms with Gasteiger partial charge in [0, 0.05) is 5.56 Å². The fourth-order valence-corrected chi connectivity index (χ4v) is 1.41. The van der Waals surface area contributed by atoms with E-state index in [-0.39, 0.29) is 18.6 Å². The van der Waals surface area contributed by atoms with Crippen LogP contribution in [0.2, 0.25) is 0 Å². The van der Waals surface area contributed by atoms with Crippen molar-refractivity contribution in [3.05, 3.63) is 29.8 Å². The van der Waals surface area contributed by atoms with E-state index in [9.17, 15) is 4.79 Å². The lowest BCUT2D eigenvalue weighted by atomic mass is 10.1. The Morgan fingerprint density at radius 1 is 1.35 bits per heavy atom. The Hall–Kier alpha value is -1.55. The van der Waals surface area contributed by atoms with Gasteiger partial charge in [0.05, 0.1) is 19.3 Å². The van der Waals surface area contributed by atoms with Gasteiger partial charge in [-0.05, 0) is 37.6 Å². The molecule has 17 heavy (non-hydrogen) atoms. The number of aliphatic hydroxyl groups excluding tert-OH is 1. The summed E-state index contributed by atoms with van der Waals surface area (Å²) >= 11 is 0. The van der Waals surface area contributed by atoms with Gasteiger partial charge in [0.15, 0.2) is 0 Å². The molecule has 0 spiro atoms. The molecule has 2 N–H and O–H groups in total. The molecule has 0 unspecified atom stereocenters. The van der Waals surface area contributed by atoms with E-state index >= 15 is 0 Å². The zero-order chi connectivity index (χ0) is 12.7. The van der Waals surface area contributed by atoms with E-state index in [0.717, 1.165) is 5.75 Å². The van der Waals surface area contributed by atoms with E-state index in [1.54, 1.807) is 24.3 Å². The van der Waals surface area contributed by atoms with Crippen molar-refractivity contribution in [2.45, 2.75) is 26.3 Å². The highest BCUT2D eigenvalue weighted by molar-refractivity contribution is 5.94. The molecule has 1 aromatic carbocycles. The van der Waals surface area contributed by atoms with Crippen molar-refractivity contribution in [1.82, 2.24) is 5.32 Å². The summed E-state index contributed by atoms with van der Waals surface area (Å²) in [6.07, 6.45) is 0.708. The summed E-state index contributed by atoms with van der Waals surface area (Å²) in [7, 11) is 0. The molecular weight excluding hydrogens is 218 g/mol. The molecule has 0 fully saturated rings. The minimum absolute atomic E-state index is 0.0424. The largest absolute Gasteiger partial charge is 0.494 e. The van der Waals surface area contributed by atoms with Crippen LogP contribution < -0.4 is 10.1 Å². The van der Waals surface area contributed by atoms with E-state index < -0.39 is 0 Å². The average Bonchev–Trinajstić information content (AvgIpc) is 2.37. The van der Waals surface area contributed by atoms with Crippen LogP contribution in [0, 0.1) is 0 Å². The smallest absolute Gasteiger partial charge is 0.251 e. The predicted octanol–water partition coefficient (Wildman–Crippen LogP) is 1.59. The maximum Gasteiger partial charge on any atom is 0.251 e. The number of hydrogen-bond donors (Lipinski definition) is 2. The third-order valence-corrected chi connectivity index (χ3v) is 2.48. The molecule has 94 valence electrons. The van der Waals surface area contributed by atoms with Crippen molar-refractivity contribution in [3.8, 4) is 5.75 Å². The Bertz CT molecular complexity index is 344. The third kappa shape index (κ3) is 4.07. The average molecular weight is 237 g/mol. The van der Waals surface area contributed by atoms with E-state index in [0.29, 0.717) is 18.6 Å². The lowest BCUT2D eigenvalue weighted by Crippen LogP contribution is -2.36. The van der Waals surface area contributed by atoms with Crippen molar-refractivity contribution in [1.29, 1.82) is 0 Å². The summed E-state index contributed by atoms with van der Waals surface area (Å²) in [6, 6.07) is 6.76. The molecule has 0 aromatic heterocycles. The Labute approximate surface area is 102 Å². The first-order valence-electron chi connectivity index (χ1n) is 5.85. The molecule has 0 heterocycles. The summed E-state index contributed by atoms with van der Waals surface area (Å²) < 4.78 is 5.29. The summed E-state index contributed by atoms with van der Waals surface area (Å²) in [5.41, 5.74) is 0.570. The van der Waals surface area contributed by atoms with Gasteiger partial charge >= 0.3 is 0 Å². The lowest BCUT2D eigenvalue weighted by molar-refractivity contribution is 0.0915. The van der Waals surface area contributed by atoms with Crippen molar-refractivity contribution >= 4 is 5.91 Å². The molecule has 1 amide bonds. The van der Waals surface area contributed by atoms with Gasteiger partial charge in [0.2, 0.25) is 0 Å². The fourth-order valence-electron chi connectivity index (χ4n) is 1.41. The highest BCUT2D eigenvalue weighted by Gasteiger charge is 2.10. The second-order valence-corrected chi connectivity index (χ2v) is 3.72. The van der Waals surface area contributed by atoms with E-state index in [2.05, 4.69) is 5.32 Å². The Morgan fingerprint density at radius 3 is 2.47 bits per heavy atom. The third-order valence-electron chi connectivity index (χ3n) is 2.48. The second-order valence-electron chi connectivity index (χ2n) is 3.72. The minimum atomic E-state index is -0.186. The van der Waals surface area contributed by atoms with Crippen LogP contribution in [-0.4, -0.2) is 30.3 Å². The van der Waals surface area contributed by atoms with Crippen LogP contribution in [0.1, 0.15) is 30.6 Å². The number of hydrogen-bond acceptors (Lipinski definition) is 3. The van der Waals surface area contributed by atoms with Crippen molar-refractivity contribution in [2.75, 3.05) is 13.2 Å². The summed E-state index contributed by atoms with van der Waals surface area (Å²) in [5.74, 6) is 0.576. The lowest BCUT2D eigenvalue weighted by Gasteiger charge is -2.14. The van der Waals surface area contributed by atoms with Crippen LogP contribution in [0.25, 0.3) is 0 Å². The number of carbonyl (C=O) groups excluding carboxylic acids is 1. The van der Waals surface area contributed by atoms with Crippen LogP contribution in [0.15, 0.2) is 24.3 Å². The molecule has 0 aliphatic heterocycles. The van der Waals surface area contributed by atoms with Crippen LogP contribution in [0.4, 0.5) is 0 Å². The number of ether oxygens (including phenoxy) is 1. The number of rotatable bonds is 6. The van der Waals surface area contributed by atoms with E-state index in [1.807, 2.05) is 13.8 Å². The van der Waals surface area contributed by atoms with E-state index in [4.69, 9.17) is 9.84 Å². The predicted molar refractivity (Wildman–Crippen MR) is 66.2 cm³/mol. The first kappa shape index (κ1) is 13.5. The van der Waals surface area contributed by atoms with Gasteiger partial charge in [-0.3, -0.25) is 4.79 Å². The zero-order valence-electron chi connectivity index (χ0n) is 10.3. The van der Waals surface area contributed by atoms with Gasteiger partial charge in [-0.15, -0.1) is 0 Å². The van der Waals surface area contributed by atoms with Gasteiger partial charge in [-0.2, -0.15) is 0 Å². The van der Waals surface area contributed by atoms with E-state index in [1.165, 1.54) is 0 Å². The van der Waals surface area contributed by atoms with Crippen LogP contribution in [0.3, 0.4) is 0 Å². The second kappa shape index (κ2) is 6.91. The number of aliphatic hydroxyl groups is 1. The molecule has 0 radical (unpaired) electrons. The van der Waals surface area contributed by atoms with Crippen LogP contribution in [0.5, 0.6) is 5.75 Å². The molecule has 1 rings (SSSR count). The van der Waals surface area contributed by atoms with Crippen LogP contribution >= 0.6 is 0 Å². The molecule has 1 aromatic rings. The Morgan fingerprint density at radius 2 is 2.00 bits per heavy atom. The maximum atomic E-state index is 11.8. The normalized spacial score (nSPS) is 11.9. The molecule has 0 saturated heterocycles. The molecule has 4 nitrogen and oxygen atoms in total. The number of nitrogens with one attached hydrogen (secondary N) is 1. The molecule has 0 bridgehead atoms. The van der Waals surface area contributed by atoms with Crippen molar-refractivity contribution in [3.63, 3.8) is 0 Å².